The summed E-state index contributed by atoms with van der Waals surface area (Å²) in [4.78, 5) is 12.0. The molecular weight excluding hydrogens is 339 g/mol. The normalized spacial score (nSPS) is 48.4. The van der Waals surface area contributed by atoms with Gasteiger partial charge in [-0.15, -0.1) is 0 Å². The zero-order valence-electron chi connectivity index (χ0n) is 15.2. The summed E-state index contributed by atoms with van der Waals surface area (Å²) in [6.45, 7) is 4.64. The molecule has 138 valence electrons. The number of carbonyl (C=O) groups excluding carboxylic acids is 1. The van der Waals surface area contributed by atoms with Gasteiger partial charge in [0, 0.05) is 0 Å². The van der Waals surface area contributed by atoms with Crippen LogP contribution in [-0.2, 0) is 4.79 Å². The summed E-state index contributed by atoms with van der Waals surface area (Å²) < 4.78 is 14.4. The first-order valence-corrected chi connectivity index (χ1v) is 10.1. The highest BCUT2D eigenvalue weighted by molar-refractivity contribution is 6.43. The Bertz CT molecular complexity index is 669. The van der Waals surface area contributed by atoms with Crippen molar-refractivity contribution in [3.05, 3.63) is 22.3 Å². The van der Waals surface area contributed by atoms with Crippen LogP contribution in [0.3, 0.4) is 0 Å². The Morgan fingerprint density at radius 3 is 2.64 bits per heavy atom. The number of fused-ring (bicyclic) bond motifs is 5. The van der Waals surface area contributed by atoms with Gasteiger partial charge >= 0.3 is 0 Å². The summed E-state index contributed by atoms with van der Waals surface area (Å²) in [5.41, 5.74) is 2.37. The van der Waals surface area contributed by atoms with Crippen molar-refractivity contribution in [2.24, 2.45) is 28.6 Å². The van der Waals surface area contributed by atoms with Crippen molar-refractivity contribution in [2.75, 3.05) is 6.61 Å². The van der Waals surface area contributed by atoms with Gasteiger partial charge in [0.1, 0.15) is 0 Å². The Morgan fingerprint density at radius 1 is 1.20 bits per heavy atom. The molecule has 0 aromatic rings. The van der Waals surface area contributed by atoms with Gasteiger partial charge in [0.15, 0.2) is 6.17 Å². The van der Waals surface area contributed by atoms with Crippen LogP contribution in [0.5, 0.6) is 0 Å². The van der Waals surface area contributed by atoms with E-state index < -0.39 is 12.0 Å². The van der Waals surface area contributed by atoms with Crippen LogP contribution in [0.4, 0.5) is 4.39 Å². The lowest BCUT2D eigenvalue weighted by Crippen LogP contribution is -2.51. The molecule has 0 aromatic carbocycles. The lowest BCUT2D eigenvalue weighted by atomic mass is 9.47. The van der Waals surface area contributed by atoms with Crippen LogP contribution in [0, 0.1) is 28.6 Å². The van der Waals surface area contributed by atoms with Gasteiger partial charge in [-0.05, 0) is 79.1 Å². The van der Waals surface area contributed by atoms with Crippen LogP contribution in [0.1, 0.15) is 58.8 Å². The van der Waals surface area contributed by atoms with E-state index in [0.717, 1.165) is 37.7 Å². The van der Waals surface area contributed by atoms with Crippen LogP contribution in [0.2, 0.25) is 0 Å². The number of alkyl halides is 1. The molecule has 0 spiro atoms. The monoisotopic (exact) mass is 366 g/mol. The number of hydrogen-bond donors (Lipinski definition) is 1. The molecule has 0 saturated heterocycles. The predicted molar refractivity (Wildman–Crippen MR) is 97.0 cm³/mol. The molecule has 25 heavy (non-hydrogen) atoms. The van der Waals surface area contributed by atoms with Gasteiger partial charge in [-0.25, -0.2) is 4.39 Å². The third-order valence-corrected chi connectivity index (χ3v) is 8.64. The molecule has 4 aliphatic rings. The fraction of sp³-hybridized carbons (Fsp3) is 0.762. The van der Waals surface area contributed by atoms with Gasteiger partial charge in [-0.2, -0.15) is 0 Å². The summed E-state index contributed by atoms with van der Waals surface area (Å²) in [7, 11) is 0. The molecule has 0 aromatic heterocycles. The maximum absolute atomic E-state index is 14.4. The minimum absolute atomic E-state index is 0.123. The van der Waals surface area contributed by atoms with E-state index in [-0.39, 0.29) is 22.5 Å². The van der Waals surface area contributed by atoms with Crippen LogP contribution < -0.4 is 0 Å². The summed E-state index contributed by atoms with van der Waals surface area (Å²) in [6, 6.07) is 0. The number of aliphatic hydroxyl groups is 1. The highest BCUT2D eigenvalue weighted by Crippen LogP contribution is 2.67. The number of rotatable bonds is 1. The molecule has 0 heterocycles. The minimum Gasteiger partial charge on any atom is -0.392 e. The molecule has 4 aliphatic carbocycles. The van der Waals surface area contributed by atoms with Gasteiger partial charge in [0.05, 0.1) is 11.6 Å². The van der Waals surface area contributed by atoms with Crippen molar-refractivity contribution in [1.82, 2.24) is 0 Å². The van der Waals surface area contributed by atoms with Gasteiger partial charge in [-0.3, -0.25) is 4.79 Å². The fourth-order valence-electron chi connectivity index (χ4n) is 6.98. The summed E-state index contributed by atoms with van der Waals surface area (Å²) >= 11 is 6.31. The summed E-state index contributed by atoms with van der Waals surface area (Å²) in [5, 5.41) is 9.57. The van der Waals surface area contributed by atoms with E-state index in [1.54, 1.807) is 0 Å². The Morgan fingerprint density at radius 2 is 1.92 bits per heavy atom. The standard InChI is InChI=1S/C21H28ClFO2/c1-20-9-7-15-13(14(20)5-3-12(20)8-10-24)4-6-16-18(22)19(25)17(23)11-21(15,16)2/h8,13-15,17,24H,3-7,9-11H2,1-2H3/t13-,14-,15-,17?,20+,21+/m0/s1. The maximum Gasteiger partial charge on any atom is 0.208 e. The molecule has 3 saturated carbocycles. The number of aliphatic hydroxyl groups excluding tert-OH is 1. The first-order valence-electron chi connectivity index (χ1n) is 9.70. The molecule has 0 amide bonds. The van der Waals surface area contributed by atoms with Gasteiger partial charge in [0.25, 0.3) is 0 Å². The molecule has 0 bridgehead atoms. The van der Waals surface area contributed by atoms with E-state index in [4.69, 9.17) is 11.6 Å². The second-order valence-electron chi connectivity index (χ2n) is 9.07. The first kappa shape index (κ1) is 17.7. The number of ketones is 1. The molecule has 0 radical (unpaired) electrons. The average molecular weight is 367 g/mol. The predicted octanol–water partition coefficient (Wildman–Crippen LogP) is 4.95. The van der Waals surface area contributed by atoms with E-state index in [2.05, 4.69) is 13.8 Å². The lowest BCUT2D eigenvalue weighted by Gasteiger charge is -2.58. The van der Waals surface area contributed by atoms with E-state index in [1.165, 1.54) is 12.0 Å². The molecule has 2 nitrogen and oxygen atoms in total. The van der Waals surface area contributed by atoms with E-state index in [0.29, 0.717) is 24.2 Å². The smallest absolute Gasteiger partial charge is 0.208 e. The number of halogens is 2. The van der Waals surface area contributed by atoms with Crippen molar-refractivity contribution >= 4 is 17.4 Å². The molecule has 6 atom stereocenters. The summed E-state index contributed by atoms with van der Waals surface area (Å²) in [5.74, 6) is 1.10. The molecule has 3 fully saturated rings. The zero-order chi connectivity index (χ0) is 18.0. The van der Waals surface area contributed by atoms with Crippen molar-refractivity contribution in [2.45, 2.75) is 65.0 Å². The van der Waals surface area contributed by atoms with Gasteiger partial charge in [-0.1, -0.05) is 37.1 Å². The summed E-state index contributed by atoms with van der Waals surface area (Å²) in [6.07, 6.45) is 7.18. The zero-order valence-corrected chi connectivity index (χ0v) is 15.9. The van der Waals surface area contributed by atoms with E-state index in [1.807, 2.05) is 6.08 Å². The third kappa shape index (κ3) is 2.34. The van der Waals surface area contributed by atoms with Crippen molar-refractivity contribution in [3.8, 4) is 0 Å². The minimum atomic E-state index is -1.44. The van der Waals surface area contributed by atoms with Crippen molar-refractivity contribution in [3.63, 3.8) is 0 Å². The van der Waals surface area contributed by atoms with Crippen LogP contribution in [0.25, 0.3) is 0 Å². The topological polar surface area (TPSA) is 37.3 Å². The SMILES string of the molecule is C[C@]12CC(F)C(=O)C(Cl)=C1CC[C@@H]1[C@@H]2CC[C@]2(C)C(=CCO)CC[C@@H]12. The first-order chi connectivity index (χ1) is 11.8. The largest absolute Gasteiger partial charge is 0.392 e. The second-order valence-corrected chi connectivity index (χ2v) is 9.45. The number of allylic oxidation sites excluding steroid dienone is 2. The fourth-order valence-corrected chi connectivity index (χ4v) is 7.41. The van der Waals surface area contributed by atoms with E-state index in [9.17, 15) is 14.3 Å². The van der Waals surface area contributed by atoms with Crippen molar-refractivity contribution < 1.29 is 14.3 Å². The van der Waals surface area contributed by atoms with Crippen LogP contribution >= 0.6 is 11.6 Å². The second kappa shape index (κ2) is 5.92. The Kier molecular flexibility index (Phi) is 4.20. The lowest BCUT2D eigenvalue weighted by molar-refractivity contribution is -0.123. The third-order valence-electron chi connectivity index (χ3n) is 8.23. The Hall–Kier alpha value is -0.670. The van der Waals surface area contributed by atoms with Gasteiger partial charge in [0.2, 0.25) is 5.78 Å². The molecule has 1 unspecified atom stereocenters. The number of Topliss-reactive ketones (excluding diaryl/α,β-unsaturated/α-hetero) is 1. The highest BCUT2D eigenvalue weighted by atomic mass is 35.5. The number of hydrogen-bond acceptors (Lipinski definition) is 2. The molecule has 4 heteroatoms. The molecule has 0 aliphatic heterocycles. The van der Waals surface area contributed by atoms with Crippen LogP contribution in [-0.4, -0.2) is 23.7 Å². The maximum atomic E-state index is 14.4. The molecular formula is C21H28ClFO2. The van der Waals surface area contributed by atoms with Gasteiger partial charge < -0.3 is 5.11 Å². The quantitative estimate of drug-likeness (QED) is 0.666. The average Bonchev–Trinajstić information content (AvgIpc) is 2.90. The van der Waals surface area contributed by atoms with E-state index >= 15 is 0 Å². The molecule has 1 N–H and O–H groups in total. The Labute approximate surface area is 154 Å². The molecule has 4 rings (SSSR count). The highest BCUT2D eigenvalue weighted by Gasteiger charge is 2.59. The van der Waals surface area contributed by atoms with Crippen molar-refractivity contribution in [1.29, 1.82) is 0 Å². The van der Waals surface area contributed by atoms with Crippen LogP contribution in [0.15, 0.2) is 22.3 Å². The Balaban J connectivity index is 1.71. The number of carbonyl (C=O) groups is 1.